The maximum absolute atomic E-state index is 13.9. The third-order valence-corrected chi connectivity index (χ3v) is 7.12. The number of allylic oxidation sites excluding steroid dienone is 4. The molecule has 2 aliphatic rings. The number of hydrogen-bond acceptors (Lipinski definition) is 9. The smallest absolute Gasteiger partial charge is 0.194 e. The van der Waals surface area contributed by atoms with Gasteiger partial charge in [0.05, 0.1) is 24.9 Å². The molecule has 0 amide bonds. The highest BCUT2D eigenvalue weighted by molar-refractivity contribution is 6.31. The van der Waals surface area contributed by atoms with Crippen molar-refractivity contribution >= 4 is 17.3 Å². The number of methoxy groups -OCH3 is 1. The summed E-state index contributed by atoms with van der Waals surface area (Å²) in [5.41, 5.74) is -0.513. The standard InChI is InChI=1S/C30H33NO8/c1-14(2)13-38-20-9-8-18(10-21(20)37-7)12-31-16(4)23-19(33)11-22-30(6,29(23)36)25-27(35)15(3)26(34)24(17(5)32)28(25)39-22/h8-11,14,31,34-35H,12-13H2,1-7H3/b23-16+/t30-/m0/s1. The lowest BCUT2D eigenvalue weighted by molar-refractivity contribution is -0.123. The van der Waals surface area contributed by atoms with E-state index in [-0.39, 0.29) is 39.5 Å². The van der Waals surface area contributed by atoms with E-state index in [9.17, 15) is 24.6 Å². The Morgan fingerprint density at radius 1 is 1.13 bits per heavy atom. The van der Waals surface area contributed by atoms with Crippen LogP contribution in [0.15, 0.2) is 41.3 Å². The van der Waals surface area contributed by atoms with E-state index in [4.69, 9.17) is 14.2 Å². The molecule has 1 atom stereocenters. The minimum Gasteiger partial charge on any atom is -0.507 e. The van der Waals surface area contributed by atoms with Gasteiger partial charge in [0, 0.05) is 23.9 Å². The molecule has 9 nitrogen and oxygen atoms in total. The van der Waals surface area contributed by atoms with Crippen molar-refractivity contribution in [2.75, 3.05) is 13.7 Å². The minimum atomic E-state index is -1.56. The largest absolute Gasteiger partial charge is 0.507 e. The quantitative estimate of drug-likeness (QED) is 0.256. The van der Waals surface area contributed by atoms with Gasteiger partial charge in [0.2, 0.25) is 0 Å². The Kier molecular flexibility index (Phi) is 7.21. The van der Waals surface area contributed by atoms with E-state index in [0.717, 1.165) is 5.56 Å². The predicted molar refractivity (Wildman–Crippen MR) is 143 cm³/mol. The fourth-order valence-corrected chi connectivity index (χ4v) is 4.88. The number of nitrogens with one attached hydrogen (secondary N) is 1. The van der Waals surface area contributed by atoms with Crippen LogP contribution in [0.4, 0.5) is 0 Å². The number of rotatable bonds is 8. The Labute approximate surface area is 227 Å². The first kappa shape index (κ1) is 27.8. The van der Waals surface area contributed by atoms with Gasteiger partial charge in [-0.2, -0.15) is 0 Å². The second-order valence-corrected chi connectivity index (χ2v) is 10.4. The topological polar surface area (TPSA) is 131 Å². The summed E-state index contributed by atoms with van der Waals surface area (Å²) in [6, 6.07) is 5.50. The van der Waals surface area contributed by atoms with Crippen LogP contribution in [0.3, 0.4) is 0 Å². The maximum Gasteiger partial charge on any atom is 0.194 e. The molecule has 0 bridgehead atoms. The number of fused-ring (bicyclic) bond motifs is 3. The molecule has 0 saturated carbocycles. The monoisotopic (exact) mass is 535 g/mol. The molecule has 2 aromatic carbocycles. The zero-order valence-corrected chi connectivity index (χ0v) is 23.1. The number of ketones is 3. The lowest BCUT2D eigenvalue weighted by Gasteiger charge is -2.29. The summed E-state index contributed by atoms with van der Waals surface area (Å²) >= 11 is 0. The second kappa shape index (κ2) is 10.1. The van der Waals surface area contributed by atoms with Crippen LogP contribution >= 0.6 is 0 Å². The summed E-state index contributed by atoms with van der Waals surface area (Å²) in [5, 5.41) is 24.6. The molecule has 39 heavy (non-hydrogen) atoms. The Morgan fingerprint density at radius 2 is 1.82 bits per heavy atom. The van der Waals surface area contributed by atoms with Crippen molar-refractivity contribution in [3.8, 4) is 28.7 Å². The fourth-order valence-electron chi connectivity index (χ4n) is 4.88. The minimum absolute atomic E-state index is 0.00595. The van der Waals surface area contributed by atoms with Crippen molar-refractivity contribution < 1.29 is 38.8 Å². The van der Waals surface area contributed by atoms with E-state index in [1.54, 1.807) is 14.0 Å². The van der Waals surface area contributed by atoms with Gasteiger partial charge in [0.15, 0.2) is 28.8 Å². The van der Waals surface area contributed by atoms with E-state index < -0.39 is 28.5 Å². The summed E-state index contributed by atoms with van der Waals surface area (Å²) in [4.78, 5) is 39.4. The number of phenols is 2. The first-order valence-electron chi connectivity index (χ1n) is 12.7. The van der Waals surface area contributed by atoms with Gasteiger partial charge in [0.25, 0.3) is 0 Å². The van der Waals surface area contributed by atoms with Crippen molar-refractivity contribution in [2.24, 2.45) is 5.92 Å². The highest BCUT2D eigenvalue weighted by Gasteiger charge is 2.56. The molecular weight excluding hydrogens is 502 g/mol. The zero-order chi connectivity index (χ0) is 28.8. The first-order valence-corrected chi connectivity index (χ1v) is 12.7. The summed E-state index contributed by atoms with van der Waals surface area (Å²) in [5.74, 6) is -1.01. The summed E-state index contributed by atoms with van der Waals surface area (Å²) in [6.07, 6.45) is 1.20. The number of phenolic OH excluding ortho intramolecular Hbond substituents is 2. The molecule has 3 N–H and O–H groups in total. The zero-order valence-electron chi connectivity index (χ0n) is 23.1. The van der Waals surface area contributed by atoms with Crippen LogP contribution < -0.4 is 19.5 Å². The van der Waals surface area contributed by atoms with E-state index in [1.165, 1.54) is 26.8 Å². The second-order valence-electron chi connectivity index (χ2n) is 10.4. The van der Waals surface area contributed by atoms with Gasteiger partial charge in [-0.05, 0) is 51.3 Å². The lowest BCUT2D eigenvalue weighted by Crippen LogP contribution is -2.41. The molecule has 0 fully saturated rings. The molecule has 4 rings (SSSR count). The number of Topliss-reactive ketones (excluding diaryl/α,β-unsaturated/α-hetero) is 2. The van der Waals surface area contributed by atoms with Crippen LogP contribution in [0.25, 0.3) is 0 Å². The van der Waals surface area contributed by atoms with Crippen LogP contribution in [0.5, 0.6) is 28.7 Å². The van der Waals surface area contributed by atoms with Gasteiger partial charge in [0.1, 0.15) is 34.0 Å². The Bertz CT molecular complexity index is 1470. The van der Waals surface area contributed by atoms with Crippen molar-refractivity contribution in [2.45, 2.75) is 53.5 Å². The molecular formula is C30H33NO8. The average Bonchev–Trinajstić information content (AvgIpc) is 3.17. The Hall–Kier alpha value is -4.27. The van der Waals surface area contributed by atoms with E-state index >= 15 is 0 Å². The normalized spacial score (nSPS) is 19.2. The van der Waals surface area contributed by atoms with Gasteiger partial charge in [-0.15, -0.1) is 0 Å². The molecule has 2 aromatic rings. The number of ether oxygens (including phenoxy) is 3. The number of hydrogen-bond donors (Lipinski definition) is 3. The predicted octanol–water partition coefficient (Wildman–Crippen LogP) is 4.40. The molecule has 0 unspecified atom stereocenters. The average molecular weight is 536 g/mol. The van der Waals surface area contributed by atoms with Gasteiger partial charge in [-0.1, -0.05) is 19.9 Å². The number of carbonyl (C=O) groups excluding carboxylic acids is 3. The van der Waals surface area contributed by atoms with Crippen LogP contribution in [-0.2, 0) is 21.5 Å². The van der Waals surface area contributed by atoms with E-state index in [2.05, 4.69) is 19.2 Å². The number of carbonyl (C=O) groups is 3. The summed E-state index contributed by atoms with van der Waals surface area (Å²) in [7, 11) is 1.56. The Balaban J connectivity index is 1.69. The Morgan fingerprint density at radius 3 is 2.44 bits per heavy atom. The lowest BCUT2D eigenvalue weighted by atomic mass is 9.70. The van der Waals surface area contributed by atoms with E-state index in [1.807, 2.05) is 18.2 Å². The van der Waals surface area contributed by atoms with E-state index in [0.29, 0.717) is 36.3 Å². The molecule has 0 saturated heterocycles. The van der Waals surface area contributed by atoms with Crippen molar-refractivity contribution in [3.05, 3.63) is 63.6 Å². The first-order chi connectivity index (χ1) is 18.3. The van der Waals surface area contributed by atoms with Crippen LogP contribution in [0, 0.1) is 12.8 Å². The van der Waals surface area contributed by atoms with Crippen LogP contribution in [-0.4, -0.2) is 41.3 Å². The molecule has 206 valence electrons. The fraction of sp³-hybridized carbons (Fsp3) is 0.367. The van der Waals surface area contributed by atoms with Crippen molar-refractivity contribution in [3.63, 3.8) is 0 Å². The van der Waals surface area contributed by atoms with Gasteiger partial charge >= 0.3 is 0 Å². The highest BCUT2D eigenvalue weighted by Crippen LogP contribution is 2.57. The molecule has 1 aliphatic carbocycles. The third kappa shape index (κ3) is 4.51. The highest BCUT2D eigenvalue weighted by atomic mass is 16.5. The van der Waals surface area contributed by atoms with Gasteiger partial charge in [-0.3, -0.25) is 14.4 Å². The molecule has 0 spiro atoms. The van der Waals surface area contributed by atoms with Crippen LogP contribution in [0.1, 0.15) is 61.7 Å². The SMILES string of the molecule is COc1cc(CN/C(C)=C2\C(=O)C=C3Oc4c(C(C)=O)c(O)c(C)c(O)c4[C@@]3(C)C2=O)ccc1OCC(C)C. The molecule has 0 aromatic heterocycles. The molecule has 0 radical (unpaired) electrons. The number of aromatic hydroxyl groups is 2. The molecule has 1 heterocycles. The van der Waals surface area contributed by atoms with Gasteiger partial charge < -0.3 is 29.7 Å². The number of benzene rings is 2. The molecule has 9 heteroatoms. The van der Waals surface area contributed by atoms with Crippen LogP contribution in [0.2, 0.25) is 0 Å². The molecule has 1 aliphatic heterocycles. The van der Waals surface area contributed by atoms with Crippen molar-refractivity contribution in [1.29, 1.82) is 0 Å². The third-order valence-electron chi connectivity index (χ3n) is 7.12. The summed E-state index contributed by atoms with van der Waals surface area (Å²) < 4.78 is 17.1. The van der Waals surface area contributed by atoms with Crippen molar-refractivity contribution in [1.82, 2.24) is 5.32 Å². The summed E-state index contributed by atoms with van der Waals surface area (Å²) in [6.45, 7) is 10.8. The maximum atomic E-state index is 13.9. The van der Waals surface area contributed by atoms with Gasteiger partial charge in [-0.25, -0.2) is 0 Å².